The molecule has 0 aliphatic carbocycles. The molecule has 2 aliphatic heterocycles. The number of para-hydroxylation sites is 1. The van der Waals surface area contributed by atoms with Crippen molar-refractivity contribution in [3.05, 3.63) is 29.8 Å². The molecule has 104 valence electrons. The highest BCUT2D eigenvalue weighted by Crippen LogP contribution is 2.35. The zero-order valence-electron chi connectivity index (χ0n) is 11.5. The highest BCUT2D eigenvalue weighted by molar-refractivity contribution is 5.54. The molecule has 0 bridgehead atoms. The summed E-state index contributed by atoms with van der Waals surface area (Å²) in [5.74, 6) is 0.359. The molecule has 19 heavy (non-hydrogen) atoms. The molecule has 2 N–H and O–H groups in total. The molecule has 3 rings (SSSR count). The summed E-state index contributed by atoms with van der Waals surface area (Å²) in [6.45, 7) is 4.64. The molecular formula is C16H24N2O. The zero-order chi connectivity index (χ0) is 13.1. The second kappa shape index (κ2) is 5.93. The zero-order valence-corrected chi connectivity index (χ0v) is 11.5. The molecule has 0 spiro atoms. The Balaban J connectivity index is 1.52. The van der Waals surface area contributed by atoms with Crippen molar-refractivity contribution in [1.82, 2.24) is 4.90 Å². The third kappa shape index (κ3) is 2.93. The predicted molar refractivity (Wildman–Crippen MR) is 78.3 cm³/mol. The Kier molecular flexibility index (Phi) is 4.04. The van der Waals surface area contributed by atoms with Gasteiger partial charge in [-0.15, -0.1) is 0 Å². The summed E-state index contributed by atoms with van der Waals surface area (Å²) in [4.78, 5) is 2.55. The van der Waals surface area contributed by atoms with Gasteiger partial charge in [0.05, 0.1) is 6.10 Å². The summed E-state index contributed by atoms with van der Waals surface area (Å²) < 4.78 is 0. The van der Waals surface area contributed by atoms with Gasteiger partial charge in [0.25, 0.3) is 0 Å². The lowest BCUT2D eigenvalue weighted by molar-refractivity contribution is 0.102. The average molecular weight is 260 g/mol. The Morgan fingerprint density at radius 3 is 2.84 bits per heavy atom. The number of aliphatic hydroxyl groups is 1. The van der Waals surface area contributed by atoms with E-state index in [-0.39, 0.29) is 6.10 Å². The van der Waals surface area contributed by atoms with Crippen LogP contribution >= 0.6 is 0 Å². The Morgan fingerprint density at radius 2 is 2.00 bits per heavy atom. The predicted octanol–water partition coefficient (Wildman–Crippen LogP) is 2.64. The molecule has 3 nitrogen and oxygen atoms in total. The molecule has 1 aromatic rings. The van der Waals surface area contributed by atoms with Crippen molar-refractivity contribution in [1.29, 1.82) is 0 Å². The summed E-state index contributed by atoms with van der Waals surface area (Å²) in [5, 5.41) is 13.9. The normalized spacial score (nSPS) is 27.0. The second-order valence-corrected chi connectivity index (χ2v) is 5.86. The fourth-order valence-electron chi connectivity index (χ4n) is 3.37. The Labute approximate surface area is 115 Å². The largest absolute Gasteiger partial charge is 0.388 e. The van der Waals surface area contributed by atoms with Crippen molar-refractivity contribution in [2.24, 2.45) is 5.92 Å². The topological polar surface area (TPSA) is 35.5 Å². The van der Waals surface area contributed by atoms with Gasteiger partial charge < -0.3 is 15.3 Å². The Morgan fingerprint density at radius 1 is 1.21 bits per heavy atom. The molecule has 0 radical (unpaired) electrons. The number of benzene rings is 1. The molecule has 1 fully saturated rings. The molecule has 1 saturated heterocycles. The minimum atomic E-state index is -0.295. The molecular weight excluding hydrogens is 236 g/mol. The number of likely N-dealkylation sites (tertiary alicyclic amines) is 1. The lowest BCUT2D eigenvalue weighted by atomic mass is 9.87. The molecule has 0 amide bonds. The first-order chi connectivity index (χ1) is 9.34. The lowest BCUT2D eigenvalue weighted by Crippen LogP contribution is -2.29. The first-order valence-electron chi connectivity index (χ1n) is 7.58. The van der Waals surface area contributed by atoms with Crippen molar-refractivity contribution >= 4 is 5.69 Å². The van der Waals surface area contributed by atoms with Crippen LogP contribution < -0.4 is 5.32 Å². The van der Waals surface area contributed by atoms with Crippen LogP contribution in [-0.4, -0.2) is 36.2 Å². The van der Waals surface area contributed by atoms with Crippen LogP contribution in [0.5, 0.6) is 0 Å². The van der Waals surface area contributed by atoms with Crippen molar-refractivity contribution in [3.63, 3.8) is 0 Å². The van der Waals surface area contributed by atoms with Crippen LogP contribution in [0.2, 0.25) is 0 Å². The van der Waals surface area contributed by atoms with E-state index in [0.29, 0.717) is 5.92 Å². The molecule has 0 saturated carbocycles. The number of anilines is 1. The van der Waals surface area contributed by atoms with E-state index in [2.05, 4.69) is 16.3 Å². The third-order valence-electron chi connectivity index (χ3n) is 4.53. The van der Waals surface area contributed by atoms with Gasteiger partial charge in [0.2, 0.25) is 0 Å². The van der Waals surface area contributed by atoms with Crippen molar-refractivity contribution < 1.29 is 5.11 Å². The second-order valence-electron chi connectivity index (χ2n) is 5.86. The number of nitrogens with zero attached hydrogens (tertiary/aromatic N) is 1. The van der Waals surface area contributed by atoms with Crippen LogP contribution in [0.1, 0.15) is 37.4 Å². The maximum atomic E-state index is 10.5. The van der Waals surface area contributed by atoms with Gasteiger partial charge in [-0.1, -0.05) is 18.2 Å². The first kappa shape index (κ1) is 12.9. The van der Waals surface area contributed by atoms with Gasteiger partial charge in [0.15, 0.2) is 0 Å². The SMILES string of the molecule is O[C@@H]1c2ccccc2NC[C@@H]1CCCN1CCCC1. The van der Waals surface area contributed by atoms with E-state index in [1.807, 2.05) is 18.2 Å². The van der Waals surface area contributed by atoms with Crippen molar-refractivity contribution in [2.75, 3.05) is 31.5 Å². The third-order valence-corrected chi connectivity index (χ3v) is 4.53. The summed E-state index contributed by atoms with van der Waals surface area (Å²) in [6, 6.07) is 8.13. The van der Waals surface area contributed by atoms with Crippen LogP contribution in [-0.2, 0) is 0 Å². The van der Waals surface area contributed by atoms with E-state index < -0.39 is 0 Å². The first-order valence-corrected chi connectivity index (χ1v) is 7.58. The molecule has 3 heteroatoms. The van der Waals surface area contributed by atoms with E-state index in [4.69, 9.17) is 0 Å². The maximum absolute atomic E-state index is 10.5. The molecule has 1 aromatic carbocycles. The molecule has 0 aromatic heterocycles. The van der Waals surface area contributed by atoms with E-state index in [9.17, 15) is 5.11 Å². The molecule has 2 heterocycles. The summed E-state index contributed by atoms with van der Waals surface area (Å²) in [7, 11) is 0. The maximum Gasteiger partial charge on any atom is 0.0854 e. The van der Waals surface area contributed by atoms with E-state index >= 15 is 0 Å². The van der Waals surface area contributed by atoms with Crippen LogP contribution in [0, 0.1) is 5.92 Å². The monoisotopic (exact) mass is 260 g/mol. The van der Waals surface area contributed by atoms with E-state index in [1.165, 1.54) is 38.9 Å². The summed E-state index contributed by atoms with van der Waals surface area (Å²) in [6.07, 6.45) is 4.74. The quantitative estimate of drug-likeness (QED) is 0.873. The van der Waals surface area contributed by atoms with Crippen LogP contribution in [0.4, 0.5) is 5.69 Å². The van der Waals surface area contributed by atoms with Crippen LogP contribution in [0.15, 0.2) is 24.3 Å². The fraction of sp³-hybridized carbons (Fsp3) is 0.625. The van der Waals surface area contributed by atoms with Gasteiger partial charge in [0.1, 0.15) is 0 Å². The van der Waals surface area contributed by atoms with Crippen LogP contribution in [0.3, 0.4) is 0 Å². The van der Waals surface area contributed by atoms with Gasteiger partial charge >= 0.3 is 0 Å². The van der Waals surface area contributed by atoms with Gasteiger partial charge in [-0.05, 0) is 51.4 Å². The van der Waals surface area contributed by atoms with Crippen LogP contribution in [0.25, 0.3) is 0 Å². The minimum Gasteiger partial charge on any atom is -0.388 e. The number of hydrogen-bond donors (Lipinski definition) is 2. The van der Waals surface area contributed by atoms with Crippen molar-refractivity contribution in [2.45, 2.75) is 31.8 Å². The molecule has 0 unspecified atom stereocenters. The minimum absolute atomic E-state index is 0.295. The Hall–Kier alpha value is -1.06. The average Bonchev–Trinajstić information content (AvgIpc) is 2.95. The van der Waals surface area contributed by atoms with Gasteiger partial charge in [0, 0.05) is 23.7 Å². The number of nitrogens with one attached hydrogen (secondary N) is 1. The van der Waals surface area contributed by atoms with Gasteiger partial charge in [-0.3, -0.25) is 0 Å². The molecule has 2 atom stereocenters. The highest BCUT2D eigenvalue weighted by Gasteiger charge is 2.27. The standard InChI is InChI=1S/C16H24N2O/c19-16-13(6-5-11-18-9-3-4-10-18)12-17-15-8-2-1-7-14(15)16/h1-2,7-8,13,16-17,19H,3-6,9-12H2/t13-,16-/m0/s1. The number of hydrogen-bond acceptors (Lipinski definition) is 3. The highest BCUT2D eigenvalue weighted by atomic mass is 16.3. The van der Waals surface area contributed by atoms with Gasteiger partial charge in [-0.2, -0.15) is 0 Å². The fourth-order valence-corrected chi connectivity index (χ4v) is 3.37. The van der Waals surface area contributed by atoms with Gasteiger partial charge in [-0.25, -0.2) is 0 Å². The summed E-state index contributed by atoms with van der Waals surface area (Å²) >= 11 is 0. The smallest absolute Gasteiger partial charge is 0.0854 e. The lowest BCUT2D eigenvalue weighted by Gasteiger charge is -2.31. The van der Waals surface area contributed by atoms with Crippen molar-refractivity contribution in [3.8, 4) is 0 Å². The number of aliphatic hydroxyl groups excluding tert-OH is 1. The summed E-state index contributed by atoms with van der Waals surface area (Å²) in [5.41, 5.74) is 2.17. The molecule has 2 aliphatic rings. The Bertz CT molecular complexity index is 415. The number of fused-ring (bicyclic) bond motifs is 1. The van der Waals surface area contributed by atoms with E-state index in [1.54, 1.807) is 0 Å². The number of rotatable bonds is 4. The van der Waals surface area contributed by atoms with E-state index in [0.717, 1.165) is 24.2 Å².